The van der Waals surface area contributed by atoms with E-state index in [9.17, 15) is 15.0 Å². The SMILES string of the molecule is O=C(O)c1cc(NC2CCOCC2)cc(Oc2ccc3c(c2)C[C@@H](NC[C@H](O)c2cccnc2)CC3)c1. The molecule has 8 nitrogen and oxygen atoms in total. The molecule has 3 aromatic rings. The first-order valence-corrected chi connectivity index (χ1v) is 12.9. The number of fused-ring (bicyclic) bond motifs is 1. The smallest absolute Gasteiger partial charge is 0.335 e. The van der Waals surface area contributed by atoms with E-state index in [4.69, 9.17) is 9.47 Å². The van der Waals surface area contributed by atoms with Crippen molar-refractivity contribution in [2.75, 3.05) is 25.1 Å². The molecule has 0 bridgehead atoms. The molecule has 1 aliphatic heterocycles. The third kappa shape index (κ3) is 6.65. The summed E-state index contributed by atoms with van der Waals surface area (Å²) in [7, 11) is 0. The lowest BCUT2D eigenvalue weighted by Gasteiger charge is -2.27. The van der Waals surface area contributed by atoms with Crippen LogP contribution in [-0.2, 0) is 17.6 Å². The van der Waals surface area contributed by atoms with Gasteiger partial charge in [-0.2, -0.15) is 0 Å². The van der Waals surface area contributed by atoms with E-state index < -0.39 is 12.1 Å². The molecule has 37 heavy (non-hydrogen) atoms. The lowest BCUT2D eigenvalue weighted by Crippen LogP contribution is -2.37. The highest BCUT2D eigenvalue weighted by molar-refractivity contribution is 5.89. The fraction of sp³-hybridized carbons (Fsp3) is 0.379. The van der Waals surface area contributed by atoms with Crippen molar-refractivity contribution in [2.45, 2.75) is 50.3 Å². The van der Waals surface area contributed by atoms with Gasteiger partial charge in [-0.15, -0.1) is 0 Å². The van der Waals surface area contributed by atoms with E-state index >= 15 is 0 Å². The first-order chi connectivity index (χ1) is 18.0. The zero-order chi connectivity index (χ0) is 25.6. The van der Waals surface area contributed by atoms with Crippen LogP contribution in [0.15, 0.2) is 60.9 Å². The number of carboxylic acid groups (broad SMARTS) is 1. The van der Waals surface area contributed by atoms with Gasteiger partial charge in [0.15, 0.2) is 0 Å². The number of nitrogens with one attached hydrogen (secondary N) is 2. The maximum Gasteiger partial charge on any atom is 0.335 e. The normalized spacial score (nSPS) is 18.6. The Balaban J connectivity index is 1.25. The molecule has 0 saturated carbocycles. The molecule has 1 aromatic heterocycles. The topological polar surface area (TPSA) is 113 Å². The van der Waals surface area contributed by atoms with Crippen molar-refractivity contribution in [3.8, 4) is 11.5 Å². The van der Waals surface area contributed by atoms with Crippen molar-refractivity contribution in [1.82, 2.24) is 10.3 Å². The van der Waals surface area contributed by atoms with Crippen molar-refractivity contribution in [3.05, 3.63) is 83.2 Å². The van der Waals surface area contributed by atoms with Crippen LogP contribution in [0.1, 0.15) is 52.4 Å². The number of nitrogens with zero attached hydrogens (tertiary/aromatic N) is 1. The van der Waals surface area contributed by atoms with Gasteiger partial charge < -0.3 is 30.3 Å². The number of aromatic carboxylic acids is 1. The molecule has 2 heterocycles. The van der Waals surface area contributed by atoms with Gasteiger partial charge >= 0.3 is 5.97 Å². The summed E-state index contributed by atoms with van der Waals surface area (Å²) in [6, 6.07) is 15.3. The van der Waals surface area contributed by atoms with Crippen molar-refractivity contribution in [3.63, 3.8) is 0 Å². The average Bonchev–Trinajstić information content (AvgIpc) is 2.92. The van der Waals surface area contributed by atoms with Crippen LogP contribution in [0.5, 0.6) is 11.5 Å². The molecule has 5 rings (SSSR count). The van der Waals surface area contributed by atoms with E-state index in [1.807, 2.05) is 30.3 Å². The highest BCUT2D eigenvalue weighted by Gasteiger charge is 2.21. The number of aliphatic hydroxyl groups is 1. The number of aliphatic hydroxyl groups excluding tert-OH is 1. The number of aryl methyl sites for hydroxylation is 1. The summed E-state index contributed by atoms with van der Waals surface area (Å²) in [5.74, 6) is 0.169. The summed E-state index contributed by atoms with van der Waals surface area (Å²) < 4.78 is 11.6. The largest absolute Gasteiger partial charge is 0.478 e. The Labute approximate surface area is 216 Å². The van der Waals surface area contributed by atoms with E-state index in [-0.39, 0.29) is 17.6 Å². The van der Waals surface area contributed by atoms with Crippen molar-refractivity contribution in [1.29, 1.82) is 0 Å². The standard InChI is InChI=1S/C29H33N3O5/c33-28(20-2-1-9-30-17-20)18-31-24-5-3-19-4-6-26(14-21(19)12-24)37-27-15-22(29(34)35)13-25(16-27)32-23-7-10-36-11-8-23/h1-2,4,6,9,13-17,23-24,28,31-33H,3,5,7-8,10-12,18H2,(H,34,35)/t24-,28-/m0/s1. The van der Waals surface area contributed by atoms with Crippen molar-refractivity contribution < 1.29 is 24.5 Å². The number of hydrogen-bond donors (Lipinski definition) is 4. The van der Waals surface area contributed by atoms with Gasteiger partial charge in [-0.3, -0.25) is 4.98 Å². The zero-order valence-electron chi connectivity index (χ0n) is 20.7. The van der Waals surface area contributed by atoms with Crippen LogP contribution in [0.25, 0.3) is 0 Å². The highest BCUT2D eigenvalue weighted by atomic mass is 16.5. The lowest BCUT2D eigenvalue weighted by atomic mass is 9.88. The number of rotatable bonds is 9. The fourth-order valence-corrected chi connectivity index (χ4v) is 5.02. The van der Waals surface area contributed by atoms with E-state index in [1.54, 1.807) is 24.5 Å². The number of pyridine rings is 1. The van der Waals surface area contributed by atoms with Gasteiger partial charge in [-0.05, 0) is 73.6 Å². The molecule has 1 saturated heterocycles. The fourth-order valence-electron chi connectivity index (χ4n) is 5.02. The zero-order valence-corrected chi connectivity index (χ0v) is 20.7. The van der Waals surface area contributed by atoms with Gasteiger partial charge in [0.25, 0.3) is 0 Å². The second kappa shape index (κ2) is 11.7. The first-order valence-electron chi connectivity index (χ1n) is 12.9. The van der Waals surface area contributed by atoms with Crippen LogP contribution in [-0.4, -0.2) is 53.0 Å². The Bertz CT molecular complexity index is 1210. The van der Waals surface area contributed by atoms with Crippen LogP contribution < -0.4 is 15.4 Å². The van der Waals surface area contributed by atoms with Gasteiger partial charge in [-0.1, -0.05) is 12.1 Å². The van der Waals surface area contributed by atoms with Crippen LogP contribution in [0.3, 0.4) is 0 Å². The van der Waals surface area contributed by atoms with Crippen molar-refractivity contribution >= 4 is 11.7 Å². The van der Waals surface area contributed by atoms with E-state index in [1.165, 1.54) is 11.1 Å². The minimum absolute atomic E-state index is 0.182. The highest BCUT2D eigenvalue weighted by Crippen LogP contribution is 2.31. The van der Waals surface area contributed by atoms with Crippen LogP contribution in [0.2, 0.25) is 0 Å². The lowest BCUT2D eigenvalue weighted by molar-refractivity contribution is 0.0696. The number of benzene rings is 2. The maximum atomic E-state index is 11.7. The number of aromatic nitrogens is 1. The number of hydrogen-bond acceptors (Lipinski definition) is 7. The molecular formula is C29H33N3O5. The Morgan fingerprint density at radius 2 is 1.92 bits per heavy atom. The average molecular weight is 504 g/mol. The summed E-state index contributed by atoms with van der Waals surface area (Å²) >= 11 is 0. The summed E-state index contributed by atoms with van der Waals surface area (Å²) in [5.41, 5.74) is 4.21. The molecule has 2 aliphatic rings. The summed E-state index contributed by atoms with van der Waals surface area (Å²) in [6.45, 7) is 1.87. The predicted octanol–water partition coefficient (Wildman–Crippen LogP) is 4.34. The van der Waals surface area contributed by atoms with E-state index in [0.29, 0.717) is 31.3 Å². The number of ether oxygens (including phenoxy) is 2. The third-order valence-corrected chi connectivity index (χ3v) is 7.06. The number of anilines is 1. The minimum Gasteiger partial charge on any atom is -0.478 e. The van der Waals surface area contributed by atoms with Gasteiger partial charge in [0.2, 0.25) is 0 Å². The minimum atomic E-state index is -0.992. The van der Waals surface area contributed by atoms with Crippen LogP contribution in [0, 0.1) is 0 Å². The van der Waals surface area contributed by atoms with Gasteiger partial charge in [0.05, 0.1) is 11.7 Å². The van der Waals surface area contributed by atoms with Crippen LogP contribution in [0.4, 0.5) is 5.69 Å². The van der Waals surface area contributed by atoms with Gasteiger partial charge in [0.1, 0.15) is 11.5 Å². The Morgan fingerprint density at radius 1 is 1.05 bits per heavy atom. The summed E-state index contributed by atoms with van der Waals surface area (Å²) in [5, 5.41) is 27.0. The van der Waals surface area contributed by atoms with E-state index in [2.05, 4.69) is 21.7 Å². The molecule has 0 spiro atoms. The monoisotopic (exact) mass is 503 g/mol. The summed E-state index contributed by atoms with van der Waals surface area (Å²) in [6.07, 6.45) is 7.32. The number of carboxylic acids is 1. The second-order valence-electron chi connectivity index (χ2n) is 9.76. The maximum absolute atomic E-state index is 11.7. The molecule has 2 atom stereocenters. The van der Waals surface area contributed by atoms with Gasteiger partial charge in [-0.25, -0.2) is 4.79 Å². The van der Waals surface area contributed by atoms with Crippen LogP contribution >= 0.6 is 0 Å². The Morgan fingerprint density at radius 3 is 2.70 bits per heavy atom. The predicted molar refractivity (Wildman–Crippen MR) is 140 cm³/mol. The van der Waals surface area contributed by atoms with Gasteiger partial charge in [0, 0.05) is 61.6 Å². The first kappa shape index (κ1) is 25.2. The molecule has 194 valence electrons. The Kier molecular flexibility index (Phi) is 7.99. The number of carbonyl (C=O) groups is 1. The molecule has 1 aliphatic carbocycles. The Hall–Kier alpha value is -3.46. The molecule has 0 amide bonds. The second-order valence-corrected chi connectivity index (χ2v) is 9.76. The molecule has 2 aromatic carbocycles. The molecule has 0 radical (unpaired) electrons. The molecule has 4 N–H and O–H groups in total. The third-order valence-electron chi connectivity index (χ3n) is 7.06. The quantitative estimate of drug-likeness (QED) is 0.341. The van der Waals surface area contributed by atoms with Crippen molar-refractivity contribution in [2.24, 2.45) is 0 Å². The molecular weight excluding hydrogens is 470 g/mol. The summed E-state index contributed by atoms with van der Waals surface area (Å²) in [4.78, 5) is 15.8. The van der Waals surface area contributed by atoms with E-state index in [0.717, 1.165) is 43.4 Å². The molecule has 0 unspecified atom stereocenters. The molecule has 1 fully saturated rings. The molecule has 8 heteroatoms.